The van der Waals surface area contributed by atoms with Crippen LogP contribution < -0.4 is 15.8 Å². The molecular weight excluding hydrogens is 600 g/mol. The average molecular weight is 633 g/mol. The number of aryl methyl sites for hydroxylation is 1. The van der Waals surface area contributed by atoms with Crippen LogP contribution in [-0.4, -0.2) is 59.5 Å². The summed E-state index contributed by atoms with van der Waals surface area (Å²) in [6.07, 6.45) is 15.0. The summed E-state index contributed by atoms with van der Waals surface area (Å²) in [6.45, 7) is 1.37. The SMILES string of the molecule is Cn1cc(CNCCC2C=c3c(ccc4c5c(ccc34)CC=CC=5)CC2S(=O)(=O)O)c2ccccc21.O=C1N=CN=C2N=CN=C12. The van der Waals surface area contributed by atoms with Crippen molar-refractivity contribution in [2.45, 2.75) is 31.1 Å². The van der Waals surface area contributed by atoms with E-state index in [0.29, 0.717) is 31.8 Å². The van der Waals surface area contributed by atoms with Crippen LogP contribution >= 0.6 is 0 Å². The monoisotopic (exact) mass is 632 g/mol. The highest BCUT2D eigenvalue weighted by Crippen LogP contribution is 2.27. The van der Waals surface area contributed by atoms with Crippen molar-refractivity contribution in [1.82, 2.24) is 9.88 Å². The van der Waals surface area contributed by atoms with Gasteiger partial charge in [-0.15, -0.1) is 0 Å². The van der Waals surface area contributed by atoms with Crippen LogP contribution in [-0.2, 0) is 41.3 Å². The second-order valence-corrected chi connectivity index (χ2v) is 13.4. The van der Waals surface area contributed by atoms with Gasteiger partial charge in [-0.05, 0) is 75.7 Å². The molecule has 46 heavy (non-hydrogen) atoms. The molecule has 8 rings (SSSR count). The van der Waals surface area contributed by atoms with E-state index in [9.17, 15) is 17.8 Å². The lowest BCUT2D eigenvalue weighted by atomic mass is 9.85. The number of carbonyl (C=O) groups excluding carboxylic acids is 1. The van der Waals surface area contributed by atoms with E-state index in [2.05, 4.69) is 90.7 Å². The third kappa shape index (κ3) is 5.68. The summed E-state index contributed by atoms with van der Waals surface area (Å²) in [6, 6.07) is 16.8. The summed E-state index contributed by atoms with van der Waals surface area (Å²) < 4.78 is 36.9. The maximum atomic E-state index is 12.4. The molecule has 0 saturated carbocycles. The molecule has 2 atom stereocenters. The van der Waals surface area contributed by atoms with Gasteiger partial charge in [-0.1, -0.05) is 66.8 Å². The van der Waals surface area contributed by atoms with E-state index in [1.807, 2.05) is 25.2 Å². The Kier molecular flexibility index (Phi) is 7.89. The Balaban J connectivity index is 0.000000286. The molecule has 1 amide bonds. The van der Waals surface area contributed by atoms with E-state index in [1.165, 1.54) is 45.3 Å². The standard InChI is InChI=1S/C30H30N2O3S.C5H2N4O/c1-32-19-23(25-8-4-5-9-29(25)32)18-31-15-14-22-16-28-21(17-30(22)36(33,34)35)11-13-26-24-7-3-2-6-20(24)10-12-27(26)28;10-5-3-4(7-1-6-3)8-2-9-5/h2-5,7-13,16,19,22,30-31H,6,14-15,17-18H2,1H3,(H,33,34,35);1-2H. The van der Waals surface area contributed by atoms with Gasteiger partial charge in [0.05, 0.1) is 5.25 Å². The fourth-order valence-corrected chi connectivity index (χ4v) is 7.74. The predicted molar refractivity (Wildman–Crippen MR) is 184 cm³/mol. The molecule has 3 aromatic carbocycles. The van der Waals surface area contributed by atoms with Crippen molar-refractivity contribution in [2.24, 2.45) is 32.9 Å². The lowest BCUT2D eigenvalue weighted by molar-refractivity contribution is -0.111. The minimum absolute atomic E-state index is 0.238. The number of aromatic nitrogens is 1. The van der Waals surface area contributed by atoms with E-state index >= 15 is 0 Å². The summed E-state index contributed by atoms with van der Waals surface area (Å²) in [5.41, 5.74) is 4.95. The lowest BCUT2D eigenvalue weighted by Crippen LogP contribution is -2.38. The number of rotatable bonds is 6. The summed E-state index contributed by atoms with van der Waals surface area (Å²) in [5.74, 6) is -0.277. The number of benzene rings is 3. The first-order chi connectivity index (χ1) is 22.3. The zero-order valence-corrected chi connectivity index (χ0v) is 26.0. The normalized spacial score (nSPS) is 19.4. The molecule has 0 saturated heterocycles. The number of carbonyl (C=O) groups is 1. The molecule has 0 bridgehead atoms. The van der Waals surface area contributed by atoms with Crippen molar-refractivity contribution in [2.75, 3.05) is 6.54 Å². The molecule has 11 heteroatoms. The highest BCUT2D eigenvalue weighted by Gasteiger charge is 2.34. The van der Waals surface area contributed by atoms with Gasteiger partial charge in [-0.25, -0.2) is 15.0 Å². The van der Waals surface area contributed by atoms with Crippen molar-refractivity contribution in [3.05, 3.63) is 94.0 Å². The minimum atomic E-state index is -4.18. The van der Waals surface area contributed by atoms with Gasteiger partial charge >= 0.3 is 5.91 Å². The highest BCUT2D eigenvalue weighted by molar-refractivity contribution is 7.86. The zero-order chi connectivity index (χ0) is 31.8. The molecule has 0 spiro atoms. The van der Waals surface area contributed by atoms with Crippen molar-refractivity contribution in [1.29, 1.82) is 0 Å². The first-order valence-corrected chi connectivity index (χ1v) is 16.7. The van der Waals surface area contributed by atoms with E-state index < -0.39 is 15.4 Å². The number of para-hydroxylation sites is 1. The van der Waals surface area contributed by atoms with Crippen LogP contribution in [0.5, 0.6) is 0 Å². The van der Waals surface area contributed by atoms with Crippen molar-refractivity contribution in [3.63, 3.8) is 0 Å². The van der Waals surface area contributed by atoms with Crippen LogP contribution in [0.25, 0.3) is 33.8 Å². The lowest BCUT2D eigenvalue weighted by Gasteiger charge is -2.27. The number of nitrogens with zero attached hydrogens (tertiary/aromatic N) is 5. The molecule has 232 valence electrons. The van der Waals surface area contributed by atoms with Crippen LogP contribution in [0.15, 0.2) is 86.8 Å². The molecule has 4 aromatic rings. The van der Waals surface area contributed by atoms with E-state index in [-0.39, 0.29) is 17.5 Å². The Hall–Kier alpha value is -4.84. The Morgan fingerprint density at radius 3 is 2.57 bits per heavy atom. The van der Waals surface area contributed by atoms with Crippen LogP contribution in [0.3, 0.4) is 0 Å². The number of amidine groups is 1. The first-order valence-electron chi connectivity index (χ1n) is 15.2. The van der Waals surface area contributed by atoms with Gasteiger partial charge < -0.3 is 9.88 Å². The van der Waals surface area contributed by atoms with Crippen LogP contribution in [0.4, 0.5) is 0 Å². The zero-order valence-electron chi connectivity index (χ0n) is 25.2. The van der Waals surface area contributed by atoms with Crippen molar-refractivity contribution < 1.29 is 17.8 Å². The number of hydrogen-bond donors (Lipinski definition) is 2. The van der Waals surface area contributed by atoms with Gasteiger partial charge in [0.25, 0.3) is 10.1 Å². The predicted octanol–water partition coefficient (Wildman–Crippen LogP) is 3.05. The average Bonchev–Trinajstić information content (AvgIpc) is 3.68. The fourth-order valence-electron chi connectivity index (χ4n) is 6.70. The van der Waals surface area contributed by atoms with Crippen molar-refractivity contribution >= 4 is 74.1 Å². The number of amides is 1. The largest absolute Gasteiger partial charge is 0.350 e. The van der Waals surface area contributed by atoms with E-state index in [0.717, 1.165) is 22.6 Å². The first kappa shape index (κ1) is 29.8. The smallest absolute Gasteiger partial charge is 0.301 e. The Labute approximate surface area is 265 Å². The third-order valence-corrected chi connectivity index (χ3v) is 10.2. The second-order valence-electron chi connectivity index (χ2n) is 11.7. The van der Waals surface area contributed by atoms with E-state index in [4.69, 9.17) is 0 Å². The van der Waals surface area contributed by atoms with Crippen LogP contribution in [0.2, 0.25) is 0 Å². The molecule has 10 nitrogen and oxygen atoms in total. The maximum Gasteiger partial charge on any atom is 0.301 e. The Morgan fingerprint density at radius 1 is 0.957 bits per heavy atom. The molecule has 2 aliphatic heterocycles. The topological polar surface area (TPSA) is 138 Å². The number of fused-ring (bicyclic) bond motifs is 7. The van der Waals surface area contributed by atoms with Crippen LogP contribution in [0.1, 0.15) is 23.1 Å². The van der Waals surface area contributed by atoms with E-state index in [1.54, 1.807) is 0 Å². The molecule has 2 aliphatic carbocycles. The van der Waals surface area contributed by atoms with Gasteiger partial charge in [0.2, 0.25) is 0 Å². The van der Waals surface area contributed by atoms with Gasteiger partial charge in [-0.3, -0.25) is 9.35 Å². The van der Waals surface area contributed by atoms with Crippen LogP contribution in [0, 0.1) is 5.92 Å². The van der Waals surface area contributed by atoms with Gasteiger partial charge in [0, 0.05) is 30.7 Å². The summed E-state index contributed by atoms with van der Waals surface area (Å²) in [5, 5.41) is 8.61. The molecule has 0 radical (unpaired) electrons. The molecule has 0 fully saturated rings. The van der Waals surface area contributed by atoms with Gasteiger partial charge in [0.1, 0.15) is 12.7 Å². The second kappa shape index (κ2) is 12.2. The summed E-state index contributed by atoms with van der Waals surface area (Å²) in [7, 11) is -2.13. The number of aliphatic imine (C=N–C) groups is 4. The van der Waals surface area contributed by atoms with Gasteiger partial charge in [-0.2, -0.15) is 13.4 Å². The molecular formula is C35H32N6O4S. The Bertz CT molecular complexity index is 2290. The highest BCUT2D eigenvalue weighted by atomic mass is 32.2. The number of allylic oxidation sites excluding steroid dienone is 2. The van der Waals surface area contributed by atoms with Crippen molar-refractivity contribution in [3.8, 4) is 0 Å². The number of hydrogen-bond acceptors (Lipinski definition) is 7. The number of nitrogens with one attached hydrogen (secondary N) is 1. The minimum Gasteiger partial charge on any atom is -0.350 e. The molecule has 4 aliphatic rings. The molecule has 2 N–H and O–H groups in total. The third-order valence-electron chi connectivity index (χ3n) is 8.95. The molecule has 2 unspecified atom stereocenters. The Morgan fingerprint density at radius 2 is 1.74 bits per heavy atom. The fraction of sp³-hybridized carbons (Fsp3) is 0.229. The molecule has 1 aromatic heterocycles. The summed E-state index contributed by atoms with van der Waals surface area (Å²) >= 11 is 0. The summed E-state index contributed by atoms with van der Waals surface area (Å²) in [4.78, 5) is 25.3. The molecule has 3 heterocycles. The maximum absolute atomic E-state index is 12.4. The van der Waals surface area contributed by atoms with Gasteiger partial charge in [0.15, 0.2) is 11.5 Å². The quantitative estimate of drug-likeness (QED) is 0.249.